The lowest BCUT2D eigenvalue weighted by molar-refractivity contribution is 0.00550. The Bertz CT molecular complexity index is 704. The smallest absolute Gasteiger partial charge is 0.0690 e. The molecule has 6 nitrogen and oxygen atoms in total. The summed E-state index contributed by atoms with van der Waals surface area (Å²) in [4.78, 5) is 2.90. The molecule has 0 aromatic rings. The molecule has 0 amide bonds. The molecule has 7 unspecified atom stereocenters. The zero-order valence-electron chi connectivity index (χ0n) is 23.9. The number of nitrogens with one attached hydrogen (secondary N) is 5. The van der Waals surface area contributed by atoms with Crippen LogP contribution in [0.5, 0.6) is 0 Å². The number of fused-ring (bicyclic) bond motifs is 6. The van der Waals surface area contributed by atoms with Gasteiger partial charge in [-0.2, -0.15) is 0 Å². The highest BCUT2D eigenvalue weighted by Gasteiger charge is 2.47. The van der Waals surface area contributed by atoms with Crippen LogP contribution in [-0.2, 0) is 0 Å². The first-order chi connectivity index (χ1) is 17.2. The standard InChI is InChI=1S/C29H56N6S/c1-28(2,3)24-12-10-22-18-31-36-26-8-6-7-25(34-26)32-23(21-13-15-30-16-14-21)11-9-20-17-29(4,5)35(19-20)27(22)33-24/h20-27,30-34H,6-19H2,1-5H3/t20-,22?,23?,24?,25?,26?,27?/m0/s1. The second kappa shape index (κ2) is 11.7. The zero-order chi connectivity index (χ0) is 25.3. The van der Waals surface area contributed by atoms with E-state index >= 15 is 0 Å². The van der Waals surface area contributed by atoms with Crippen molar-refractivity contribution in [2.45, 2.75) is 134 Å². The second-order valence-corrected chi connectivity index (χ2v) is 15.5. The fraction of sp³-hybridized carbons (Fsp3) is 1.00. The minimum atomic E-state index is 0.264. The Morgan fingerprint density at radius 3 is 2.42 bits per heavy atom. The molecular weight excluding hydrogens is 464 g/mol. The van der Waals surface area contributed by atoms with Crippen LogP contribution in [0.25, 0.3) is 0 Å². The molecule has 0 spiro atoms. The maximum atomic E-state index is 4.22. The van der Waals surface area contributed by atoms with E-state index < -0.39 is 0 Å². The summed E-state index contributed by atoms with van der Waals surface area (Å²) >= 11 is 1.97. The van der Waals surface area contributed by atoms with Crippen LogP contribution in [0.1, 0.15) is 98.8 Å². The second-order valence-electron chi connectivity index (χ2n) is 14.4. The summed E-state index contributed by atoms with van der Waals surface area (Å²) in [5.74, 6) is 2.29. The van der Waals surface area contributed by atoms with E-state index in [2.05, 4.69) is 65.5 Å². The van der Waals surface area contributed by atoms with Crippen molar-refractivity contribution >= 4 is 11.9 Å². The van der Waals surface area contributed by atoms with E-state index in [9.17, 15) is 0 Å². The van der Waals surface area contributed by atoms with Crippen LogP contribution in [0.4, 0.5) is 0 Å². The average molecular weight is 521 g/mol. The van der Waals surface area contributed by atoms with Gasteiger partial charge in [-0.15, -0.1) is 0 Å². The van der Waals surface area contributed by atoms with E-state index in [0.29, 0.717) is 41.1 Å². The minimum Gasteiger partial charge on any atom is -0.317 e. The van der Waals surface area contributed by atoms with Gasteiger partial charge < -0.3 is 5.32 Å². The van der Waals surface area contributed by atoms with E-state index in [4.69, 9.17) is 0 Å². The van der Waals surface area contributed by atoms with Crippen molar-refractivity contribution in [3.8, 4) is 0 Å². The predicted octanol–water partition coefficient (Wildman–Crippen LogP) is 4.24. The van der Waals surface area contributed by atoms with E-state index in [-0.39, 0.29) is 5.54 Å². The first kappa shape index (κ1) is 27.7. The molecule has 0 aromatic carbocycles. The Morgan fingerprint density at radius 1 is 0.833 bits per heavy atom. The van der Waals surface area contributed by atoms with Crippen LogP contribution < -0.4 is 26.0 Å². The molecule has 4 bridgehead atoms. The third-order valence-electron chi connectivity index (χ3n) is 10.2. The van der Waals surface area contributed by atoms with Crippen LogP contribution >= 0.6 is 11.9 Å². The Balaban J connectivity index is 1.36. The van der Waals surface area contributed by atoms with E-state index in [0.717, 1.165) is 18.4 Å². The van der Waals surface area contributed by atoms with Gasteiger partial charge in [0.25, 0.3) is 0 Å². The summed E-state index contributed by atoms with van der Waals surface area (Å²) in [6.07, 6.45) is 14.1. The van der Waals surface area contributed by atoms with Gasteiger partial charge in [0.1, 0.15) is 0 Å². The molecule has 0 radical (unpaired) electrons. The van der Waals surface area contributed by atoms with E-state index in [1.165, 1.54) is 83.8 Å². The van der Waals surface area contributed by atoms with E-state index in [1.807, 2.05) is 11.9 Å². The molecule has 36 heavy (non-hydrogen) atoms. The van der Waals surface area contributed by atoms with Crippen molar-refractivity contribution in [2.75, 3.05) is 26.2 Å². The lowest BCUT2D eigenvalue weighted by Crippen LogP contribution is -2.63. The van der Waals surface area contributed by atoms with E-state index in [1.54, 1.807) is 0 Å². The third kappa shape index (κ3) is 6.63. The summed E-state index contributed by atoms with van der Waals surface area (Å²) in [5, 5.41) is 16.5. The third-order valence-corrected chi connectivity index (χ3v) is 11.2. The average Bonchev–Trinajstić information content (AvgIpc) is 3.15. The molecule has 8 atom stereocenters. The first-order valence-corrected chi connectivity index (χ1v) is 16.2. The molecule has 5 rings (SSSR count). The van der Waals surface area contributed by atoms with Crippen LogP contribution in [0, 0.1) is 23.2 Å². The molecule has 0 aromatic heterocycles. The van der Waals surface area contributed by atoms with Crippen LogP contribution in [0.2, 0.25) is 0 Å². The highest BCUT2D eigenvalue weighted by atomic mass is 32.2. The molecule has 5 aliphatic heterocycles. The molecule has 5 saturated heterocycles. The SMILES string of the molecule is CC(C)(C)C1CCC2CNSC3CCCC(N3)NC(C3CCNCC3)CC[C@@H]3CN(C2N1)C(C)(C)C3. The molecule has 7 heteroatoms. The number of nitrogens with zero attached hydrogens (tertiary/aromatic N) is 1. The van der Waals surface area contributed by atoms with Crippen molar-refractivity contribution in [1.29, 1.82) is 0 Å². The van der Waals surface area contributed by atoms with Crippen molar-refractivity contribution in [3.63, 3.8) is 0 Å². The number of piperidine rings is 3. The topological polar surface area (TPSA) is 63.4 Å². The summed E-state index contributed by atoms with van der Waals surface area (Å²) in [5.41, 5.74) is 0.572. The molecule has 208 valence electrons. The fourth-order valence-electron chi connectivity index (χ4n) is 8.06. The van der Waals surface area contributed by atoms with Crippen molar-refractivity contribution < 1.29 is 0 Å². The van der Waals surface area contributed by atoms with Gasteiger partial charge in [0.2, 0.25) is 0 Å². The van der Waals surface area contributed by atoms with Crippen molar-refractivity contribution in [1.82, 2.24) is 30.9 Å². The van der Waals surface area contributed by atoms with Crippen molar-refractivity contribution in [2.24, 2.45) is 23.2 Å². The maximum absolute atomic E-state index is 4.22. The predicted molar refractivity (Wildman–Crippen MR) is 154 cm³/mol. The van der Waals surface area contributed by atoms with Gasteiger partial charge in [-0.25, -0.2) is 0 Å². The van der Waals surface area contributed by atoms with Gasteiger partial charge >= 0.3 is 0 Å². The summed E-state index contributed by atoms with van der Waals surface area (Å²) in [6.45, 7) is 17.0. The Morgan fingerprint density at radius 2 is 1.64 bits per heavy atom. The van der Waals surface area contributed by atoms with Crippen molar-refractivity contribution in [3.05, 3.63) is 0 Å². The highest BCUT2D eigenvalue weighted by molar-refractivity contribution is 7.98. The largest absolute Gasteiger partial charge is 0.317 e. The lowest BCUT2D eigenvalue weighted by atomic mass is 9.78. The molecule has 5 fully saturated rings. The zero-order valence-corrected chi connectivity index (χ0v) is 24.7. The Kier molecular flexibility index (Phi) is 8.99. The molecule has 0 saturated carbocycles. The molecule has 5 N–H and O–H groups in total. The summed E-state index contributed by atoms with van der Waals surface area (Å²) in [6, 6.07) is 1.24. The number of rotatable bonds is 1. The maximum Gasteiger partial charge on any atom is 0.0690 e. The fourth-order valence-corrected chi connectivity index (χ4v) is 9.08. The Hall–Kier alpha value is 0.110. The minimum absolute atomic E-state index is 0.264. The first-order valence-electron chi connectivity index (χ1n) is 15.3. The highest BCUT2D eigenvalue weighted by Crippen LogP contribution is 2.41. The van der Waals surface area contributed by atoms with Crippen LogP contribution in [0.15, 0.2) is 0 Å². The number of hydrogen-bond donors (Lipinski definition) is 5. The molecular formula is C29H56N6S. The molecule has 5 aliphatic rings. The number of hydrogen-bond acceptors (Lipinski definition) is 7. The summed E-state index contributed by atoms with van der Waals surface area (Å²) in [7, 11) is 0. The van der Waals surface area contributed by atoms with Crippen LogP contribution in [-0.4, -0.2) is 66.4 Å². The monoisotopic (exact) mass is 520 g/mol. The summed E-state index contributed by atoms with van der Waals surface area (Å²) < 4.78 is 3.87. The normalized spacial score (nSPS) is 43.2. The van der Waals surface area contributed by atoms with Gasteiger partial charge in [0.15, 0.2) is 0 Å². The van der Waals surface area contributed by atoms with Gasteiger partial charge in [0, 0.05) is 36.6 Å². The molecule has 5 heterocycles. The van der Waals surface area contributed by atoms with Gasteiger partial charge in [-0.1, -0.05) is 32.7 Å². The van der Waals surface area contributed by atoms with Gasteiger partial charge in [-0.3, -0.25) is 25.6 Å². The quantitative estimate of drug-likeness (QED) is 0.332. The lowest BCUT2D eigenvalue weighted by Gasteiger charge is -2.50. The molecule has 0 aliphatic carbocycles. The van der Waals surface area contributed by atoms with Crippen LogP contribution in [0.3, 0.4) is 0 Å². The van der Waals surface area contributed by atoms with Gasteiger partial charge in [-0.05, 0) is 108 Å². The van der Waals surface area contributed by atoms with Gasteiger partial charge in [0.05, 0.1) is 17.7 Å². The Labute approximate surface area is 226 Å².